The third-order valence-electron chi connectivity index (χ3n) is 3.51. The first kappa shape index (κ1) is 13.6. The lowest BCUT2D eigenvalue weighted by Crippen LogP contribution is -2.19. The predicted octanol–water partition coefficient (Wildman–Crippen LogP) is 4.21. The Morgan fingerprint density at radius 3 is 2.85 bits per heavy atom. The summed E-state index contributed by atoms with van der Waals surface area (Å²) in [7, 11) is 0. The number of halogens is 1. The van der Waals surface area contributed by atoms with Crippen LogP contribution < -0.4 is 5.32 Å². The summed E-state index contributed by atoms with van der Waals surface area (Å²) in [6.07, 6.45) is 2.07. The number of thiazole rings is 1. The van der Waals surface area contributed by atoms with E-state index < -0.39 is 0 Å². The van der Waals surface area contributed by atoms with Crippen LogP contribution in [-0.4, -0.2) is 9.38 Å². The van der Waals surface area contributed by atoms with Gasteiger partial charge in [-0.1, -0.05) is 23.7 Å². The first-order valence-electron chi connectivity index (χ1n) is 6.55. The van der Waals surface area contributed by atoms with Crippen LogP contribution in [0, 0.1) is 6.92 Å². The van der Waals surface area contributed by atoms with Gasteiger partial charge in [-0.3, -0.25) is 4.40 Å². The molecule has 0 amide bonds. The highest BCUT2D eigenvalue weighted by Gasteiger charge is 2.11. The summed E-state index contributed by atoms with van der Waals surface area (Å²) in [5.74, 6) is 0. The number of nitrogens with one attached hydrogen (secondary N) is 1. The van der Waals surface area contributed by atoms with Crippen molar-refractivity contribution in [3.63, 3.8) is 0 Å². The topological polar surface area (TPSA) is 29.3 Å². The second-order valence-electron chi connectivity index (χ2n) is 4.85. The Balaban J connectivity index is 1.74. The van der Waals surface area contributed by atoms with Gasteiger partial charge in [0.1, 0.15) is 0 Å². The highest BCUT2D eigenvalue weighted by molar-refractivity contribution is 7.15. The molecule has 3 aromatic rings. The molecule has 3 rings (SSSR count). The normalized spacial score (nSPS) is 12.9. The van der Waals surface area contributed by atoms with Crippen molar-refractivity contribution in [2.45, 2.75) is 26.4 Å². The van der Waals surface area contributed by atoms with E-state index in [9.17, 15) is 0 Å². The van der Waals surface area contributed by atoms with E-state index in [1.807, 2.05) is 12.1 Å². The molecule has 0 spiro atoms. The molecule has 0 saturated heterocycles. The number of benzene rings is 1. The van der Waals surface area contributed by atoms with Gasteiger partial charge in [-0.05, 0) is 31.5 Å². The lowest BCUT2D eigenvalue weighted by molar-refractivity contribution is 0.564. The van der Waals surface area contributed by atoms with Crippen LogP contribution in [0.4, 0.5) is 0 Å². The fourth-order valence-electron chi connectivity index (χ4n) is 2.27. The van der Waals surface area contributed by atoms with Gasteiger partial charge < -0.3 is 5.32 Å². The van der Waals surface area contributed by atoms with E-state index >= 15 is 0 Å². The number of imidazole rings is 1. The minimum atomic E-state index is 0.274. The Morgan fingerprint density at radius 2 is 2.10 bits per heavy atom. The van der Waals surface area contributed by atoms with E-state index in [0.29, 0.717) is 0 Å². The van der Waals surface area contributed by atoms with Crippen LogP contribution in [0.25, 0.3) is 4.96 Å². The number of nitrogens with zero attached hydrogens (tertiary/aromatic N) is 2. The molecule has 0 fully saturated rings. The van der Waals surface area contributed by atoms with Crippen LogP contribution >= 0.6 is 22.9 Å². The van der Waals surface area contributed by atoms with Crippen molar-refractivity contribution in [2.24, 2.45) is 0 Å². The monoisotopic (exact) mass is 305 g/mol. The maximum absolute atomic E-state index is 5.92. The molecule has 0 aliphatic rings. The molecular weight excluding hydrogens is 290 g/mol. The lowest BCUT2D eigenvalue weighted by Gasteiger charge is -2.14. The quantitative estimate of drug-likeness (QED) is 0.782. The van der Waals surface area contributed by atoms with Crippen LogP contribution in [0.2, 0.25) is 5.02 Å². The summed E-state index contributed by atoms with van der Waals surface area (Å²) in [4.78, 5) is 5.61. The fourth-order valence-corrected chi connectivity index (χ4v) is 3.18. The standard InChI is InChI=1S/C15H16ClN3S/c1-10(12-3-5-13(16)6-4-12)17-9-14-11(2)18-15-19(14)7-8-20-15/h3-8,10,17H,9H2,1-2H3/t10-/m1/s1. The zero-order chi connectivity index (χ0) is 14.1. The molecule has 2 aromatic heterocycles. The zero-order valence-electron chi connectivity index (χ0n) is 11.4. The van der Waals surface area contributed by atoms with Crippen molar-refractivity contribution < 1.29 is 0 Å². The molecule has 0 bridgehead atoms. The number of hydrogen-bond acceptors (Lipinski definition) is 3. The first-order chi connectivity index (χ1) is 9.65. The number of fused-ring (bicyclic) bond motifs is 1. The van der Waals surface area contributed by atoms with E-state index in [2.05, 4.69) is 52.3 Å². The molecule has 0 aliphatic heterocycles. The number of rotatable bonds is 4. The minimum Gasteiger partial charge on any atom is -0.305 e. The average molecular weight is 306 g/mol. The fraction of sp³-hybridized carbons (Fsp3) is 0.267. The van der Waals surface area contributed by atoms with Gasteiger partial charge in [0.2, 0.25) is 0 Å². The largest absolute Gasteiger partial charge is 0.305 e. The first-order valence-corrected chi connectivity index (χ1v) is 7.81. The van der Waals surface area contributed by atoms with Gasteiger partial charge in [-0.2, -0.15) is 0 Å². The number of aromatic nitrogens is 2. The molecule has 1 aromatic carbocycles. The molecule has 0 unspecified atom stereocenters. The van der Waals surface area contributed by atoms with Crippen LogP contribution in [-0.2, 0) is 6.54 Å². The van der Waals surface area contributed by atoms with Crippen molar-refractivity contribution in [3.05, 3.63) is 57.8 Å². The van der Waals surface area contributed by atoms with Crippen molar-refractivity contribution in [1.82, 2.24) is 14.7 Å². The second kappa shape index (κ2) is 5.56. The molecule has 0 radical (unpaired) electrons. The summed E-state index contributed by atoms with van der Waals surface area (Å²) < 4.78 is 2.15. The molecule has 20 heavy (non-hydrogen) atoms. The van der Waals surface area contributed by atoms with Gasteiger partial charge in [0.15, 0.2) is 4.96 Å². The zero-order valence-corrected chi connectivity index (χ0v) is 13.0. The maximum atomic E-state index is 5.92. The van der Waals surface area contributed by atoms with Gasteiger partial charge >= 0.3 is 0 Å². The maximum Gasteiger partial charge on any atom is 0.194 e. The molecule has 0 aliphatic carbocycles. The third kappa shape index (κ3) is 2.59. The van der Waals surface area contributed by atoms with E-state index in [4.69, 9.17) is 11.6 Å². The summed E-state index contributed by atoms with van der Waals surface area (Å²) >= 11 is 7.58. The number of aryl methyl sites for hydroxylation is 1. The average Bonchev–Trinajstić information content (AvgIpc) is 2.98. The SMILES string of the molecule is Cc1nc2sccn2c1CN[C@H](C)c1ccc(Cl)cc1. The molecule has 2 heterocycles. The summed E-state index contributed by atoms with van der Waals surface area (Å²) in [6.45, 7) is 5.02. The van der Waals surface area contributed by atoms with Crippen LogP contribution in [0.1, 0.15) is 29.9 Å². The van der Waals surface area contributed by atoms with E-state index in [0.717, 1.165) is 22.2 Å². The Hall–Kier alpha value is -1.36. The summed E-state index contributed by atoms with van der Waals surface area (Å²) in [6, 6.07) is 8.25. The smallest absolute Gasteiger partial charge is 0.194 e. The molecule has 104 valence electrons. The van der Waals surface area contributed by atoms with E-state index in [-0.39, 0.29) is 6.04 Å². The summed E-state index contributed by atoms with van der Waals surface area (Å²) in [5, 5.41) is 6.38. The van der Waals surface area contributed by atoms with Crippen molar-refractivity contribution in [3.8, 4) is 0 Å². The molecular formula is C15H16ClN3S. The highest BCUT2D eigenvalue weighted by Crippen LogP contribution is 2.19. The van der Waals surface area contributed by atoms with Gasteiger partial charge in [-0.15, -0.1) is 11.3 Å². The Kier molecular flexibility index (Phi) is 3.78. The van der Waals surface area contributed by atoms with Crippen LogP contribution in [0.15, 0.2) is 35.8 Å². The van der Waals surface area contributed by atoms with Gasteiger partial charge in [0.25, 0.3) is 0 Å². The molecule has 0 saturated carbocycles. The lowest BCUT2D eigenvalue weighted by atomic mass is 10.1. The Morgan fingerprint density at radius 1 is 1.35 bits per heavy atom. The molecule has 3 nitrogen and oxygen atoms in total. The predicted molar refractivity (Wildman–Crippen MR) is 84.5 cm³/mol. The van der Waals surface area contributed by atoms with Gasteiger partial charge in [0, 0.05) is 29.2 Å². The van der Waals surface area contributed by atoms with E-state index in [1.54, 1.807) is 11.3 Å². The molecule has 5 heteroatoms. The molecule has 1 N–H and O–H groups in total. The van der Waals surface area contributed by atoms with Crippen molar-refractivity contribution >= 4 is 27.9 Å². The second-order valence-corrected chi connectivity index (χ2v) is 6.16. The number of hydrogen-bond donors (Lipinski definition) is 1. The van der Waals surface area contributed by atoms with Gasteiger partial charge in [0.05, 0.1) is 11.4 Å². The van der Waals surface area contributed by atoms with Crippen LogP contribution in [0.5, 0.6) is 0 Å². The highest BCUT2D eigenvalue weighted by atomic mass is 35.5. The molecule has 1 atom stereocenters. The van der Waals surface area contributed by atoms with Crippen molar-refractivity contribution in [1.29, 1.82) is 0 Å². The third-order valence-corrected chi connectivity index (χ3v) is 4.52. The summed E-state index contributed by atoms with van der Waals surface area (Å²) in [5.41, 5.74) is 3.55. The van der Waals surface area contributed by atoms with Gasteiger partial charge in [-0.25, -0.2) is 4.98 Å². The van der Waals surface area contributed by atoms with Crippen molar-refractivity contribution in [2.75, 3.05) is 0 Å². The van der Waals surface area contributed by atoms with Crippen LogP contribution in [0.3, 0.4) is 0 Å². The Bertz CT molecular complexity index is 714. The Labute approximate surface area is 127 Å². The van der Waals surface area contributed by atoms with E-state index in [1.165, 1.54) is 11.3 Å². The minimum absolute atomic E-state index is 0.274.